The minimum atomic E-state index is -0.721. The van der Waals surface area contributed by atoms with Crippen molar-refractivity contribution in [3.05, 3.63) is 70.3 Å². The van der Waals surface area contributed by atoms with Crippen LogP contribution in [0.4, 0.5) is 0 Å². The van der Waals surface area contributed by atoms with Crippen molar-refractivity contribution in [2.75, 3.05) is 46.5 Å². The molecule has 0 bridgehead atoms. The lowest BCUT2D eigenvalue weighted by atomic mass is 9.95. The maximum absolute atomic E-state index is 13.1. The highest BCUT2D eigenvalue weighted by molar-refractivity contribution is 6.46. The van der Waals surface area contributed by atoms with Crippen LogP contribution in [-0.4, -0.2) is 73.1 Å². The lowest BCUT2D eigenvalue weighted by molar-refractivity contribution is -0.140. The molecule has 0 saturated carbocycles. The lowest BCUT2D eigenvalue weighted by Gasteiger charge is -2.31. The van der Waals surface area contributed by atoms with Gasteiger partial charge in [0.2, 0.25) is 0 Å². The molecule has 2 aliphatic rings. The molecule has 0 aliphatic carbocycles. The second kappa shape index (κ2) is 9.73. The number of methoxy groups -OCH3 is 1. The Hall–Kier alpha value is -2.87. The quantitative estimate of drug-likeness (QED) is 0.409. The molecule has 1 N–H and O–H groups in total. The van der Waals surface area contributed by atoms with Crippen LogP contribution in [0, 0.1) is 0 Å². The molecule has 4 rings (SSSR count). The monoisotopic (exact) mass is 456 g/mol. The molecule has 0 radical (unpaired) electrons. The second-order valence-corrected chi connectivity index (χ2v) is 8.17. The summed E-state index contributed by atoms with van der Waals surface area (Å²) < 4.78 is 10.7. The molecular weight excluding hydrogens is 432 g/mol. The van der Waals surface area contributed by atoms with Gasteiger partial charge in [-0.25, -0.2) is 0 Å². The van der Waals surface area contributed by atoms with E-state index in [1.165, 1.54) is 4.90 Å². The highest BCUT2D eigenvalue weighted by Crippen LogP contribution is 2.40. The highest BCUT2D eigenvalue weighted by atomic mass is 35.5. The summed E-state index contributed by atoms with van der Waals surface area (Å²) in [7, 11) is 1.56. The first-order chi connectivity index (χ1) is 15.5. The molecule has 8 heteroatoms. The van der Waals surface area contributed by atoms with Crippen LogP contribution in [0.15, 0.2) is 54.1 Å². The van der Waals surface area contributed by atoms with E-state index in [9.17, 15) is 14.7 Å². The Balaban J connectivity index is 1.74. The van der Waals surface area contributed by atoms with Crippen LogP contribution in [-0.2, 0) is 14.3 Å². The largest absolute Gasteiger partial charge is 0.507 e. The molecule has 2 aromatic carbocycles. The number of hydrogen-bond donors (Lipinski definition) is 1. The maximum atomic E-state index is 13.1. The average molecular weight is 457 g/mol. The number of morpholine rings is 1. The Labute approximate surface area is 191 Å². The normalized spacial score (nSPS) is 21.2. The van der Waals surface area contributed by atoms with Crippen molar-refractivity contribution in [2.45, 2.75) is 6.04 Å². The van der Waals surface area contributed by atoms with Crippen LogP contribution >= 0.6 is 11.6 Å². The fourth-order valence-corrected chi connectivity index (χ4v) is 4.23. The molecular formula is C24H25ClN2O5. The van der Waals surface area contributed by atoms with Gasteiger partial charge in [-0.2, -0.15) is 0 Å². The highest BCUT2D eigenvalue weighted by Gasteiger charge is 2.46. The van der Waals surface area contributed by atoms with Crippen molar-refractivity contribution >= 4 is 29.1 Å². The molecule has 2 saturated heterocycles. The number of carbonyl (C=O) groups is 2. The van der Waals surface area contributed by atoms with E-state index in [2.05, 4.69) is 4.90 Å². The predicted octanol–water partition coefficient (Wildman–Crippen LogP) is 3.10. The topological polar surface area (TPSA) is 79.3 Å². The van der Waals surface area contributed by atoms with Gasteiger partial charge in [0.1, 0.15) is 11.5 Å². The number of Topliss-reactive ketones (excluding diaryl/α,β-unsaturated/α-hetero) is 1. The molecule has 1 amide bonds. The molecule has 2 heterocycles. The first kappa shape index (κ1) is 22.3. The summed E-state index contributed by atoms with van der Waals surface area (Å²) in [6.07, 6.45) is 0. The van der Waals surface area contributed by atoms with Crippen LogP contribution in [0.1, 0.15) is 17.2 Å². The average Bonchev–Trinajstić information content (AvgIpc) is 3.08. The fraction of sp³-hybridized carbons (Fsp3) is 0.333. The van der Waals surface area contributed by atoms with Crippen molar-refractivity contribution in [1.29, 1.82) is 0 Å². The van der Waals surface area contributed by atoms with Gasteiger partial charge in [-0.1, -0.05) is 23.7 Å². The summed E-state index contributed by atoms with van der Waals surface area (Å²) in [5, 5.41) is 11.6. The zero-order chi connectivity index (χ0) is 22.7. The van der Waals surface area contributed by atoms with E-state index < -0.39 is 17.7 Å². The van der Waals surface area contributed by atoms with E-state index in [0.717, 1.165) is 13.1 Å². The van der Waals surface area contributed by atoms with Crippen LogP contribution in [0.2, 0.25) is 5.02 Å². The van der Waals surface area contributed by atoms with E-state index in [4.69, 9.17) is 21.1 Å². The third-order valence-corrected chi connectivity index (χ3v) is 6.08. The standard InChI is InChI=1S/C24H25ClN2O5/c1-31-19-4-2-3-17(15-19)21-20(22(28)16-5-7-18(25)8-6-16)23(29)24(30)27(21)10-9-26-11-13-32-14-12-26/h2-8,15,21,28H,9-14H2,1H3/b22-20-. The van der Waals surface area contributed by atoms with E-state index in [0.29, 0.717) is 48.2 Å². The minimum absolute atomic E-state index is 0.0625. The van der Waals surface area contributed by atoms with Gasteiger partial charge in [-0.3, -0.25) is 14.5 Å². The third-order valence-electron chi connectivity index (χ3n) is 5.83. The molecule has 1 atom stereocenters. The smallest absolute Gasteiger partial charge is 0.295 e. The number of carbonyl (C=O) groups excluding carboxylic acids is 2. The van der Waals surface area contributed by atoms with E-state index in [1.807, 2.05) is 6.07 Å². The molecule has 2 aliphatic heterocycles. The van der Waals surface area contributed by atoms with Gasteiger partial charge in [-0.15, -0.1) is 0 Å². The molecule has 2 fully saturated rings. The molecule has 0 aromatic heterocycles. The number of ether oxygens (including phenoxy) is 2. The molecule has 7 nitrogen and oxygen atoms in total. The molecule has 168 valence electrons. The number of amides is 1. The number of likely N-dealkylation sites (tertiary alicyclic amines) is 1. The Kier molecular flexibility index (Phi) is 6.79. The number of ketones is 1. The van der Waals surface area contributed by atoms with Gasteiger partial charge in [0.15, 0.2) is 0 Å². The van der Waals surface area contributed by atoms with E-state index >= 15 is 0 Å². The zero-order valence-electron chi connectivity index (χ0n) is 17.8. The summed E-state index contributed by atoms with van der Waals surface area (Å²) in [6.45, 7) is 3.81. The molecule has 32 heavy (non-hydrogen) atoms. The Morgan fingerprint density at radius 1 is 1.12 bits per heavy atom. The Morgan fingerprint density at radius 3 is 2.53 bits per heavy atom. The maximum Gasteiger partial charge on any atom is 0.295 e. The van der Waals surface area contributed by atoms with Gasteiger partial charge in [0.05, 0.1) is 31.9 Å². The van der Waals surface area contributed by atoms with Gasteiger partial charge in [0, 0.05) is 36.8 Å². The summed E-state index contributed by atoms with van der Waals surface area (Å²) in [5.74, 6) is -0.941. The number of rotatable bonds is 6. The Bertz CT molecular complexity index is 1030. The minimum Gasteiger partial charge on any atom is -0.507 e. The lowest BCUT2D eigenvalue weighted by Crippen LogP contribution is -2.42. The van der Waals surface area contributed by atoms with Crippen molar-refractivity contribution in [2.24, 2.45) is 0 Å². The van der Waals surface area contributed by atoms with Crippen LogP contribution in [0.25, 0.3) is 5.76 Å². The second-order valence-electron chi connectivity index (χ2n) is 7.73. The number of aliphatic hydroxyl groups is 1. The summed E-state index contributed by atoms with van der Waals surface area (Å²) >= 11 is 5.97. The fourth-order valence-electron chi connectivity index (χ4n) is 4.11. The third kappa shape index (κ3) is 4.50. The number of hydrogen-bond acceptors (Lipinski definition) is 6. The zero-order valence-corrected chi connectivity index (χ0v) is 18.5. The van der Waals surface area contributed by atoms with Crippen molar-refractivity contribution in [1.82, 2.24) is 9.80 Å². The van der Waals surface area contributed by atoms with Crippen molar-refractivity contribution < 1.29 is 24.2 Å². The van der Waals surface area contributed by atoms with Gasteiger partial charge in [0.25, 0.3) is 11.7 Å². The summed E-state index contributed by atoms with van der Waals surface area (Å²) in [6, 6.07) is 13.0. The molecule has 1 unspecified atom stereocenters. The number of benzene rings is 2. The van der Waals surface area contributed by atoms with Gasteiger partial charge < -0.3 is 19.5 Å². The molecule has 2 aromatic rings. The SMILES string of the molecule is COc1cccc(C2/C(=C(/O)c3ccc(Cl)cc3)C(=O)C(=O)N2CCN2CCOCC2)c1. The van der Waals surface area contributed by atoms with Crippen molar-refractivity contribution in [3.63, 3.8) is 0 Å². The van der Waals surface area contributed by atoms with Crippen molar-refractivity contribution in [3.8, 4) is 5.75 Å². The van der Waals surface area contributed by atoms with Crippen LogP contribution in [0.3, 0.4) is 0 Å². The first-order valence-corrected chi connectivity index (χ1v) is 10.9. The van der Waals surface area contributed by atoms with E-state index in [1.54, 1.807) is 49.6 Å². The van der Waals surface area contributed by atoms with E-state index in [-0.39, 0.29) is 11.3 Å². The van der Waals surface area contributed by atoms with Gasteiger partial charge >= 0.3 is 0 Å². The Morgan fingerprint density at radius 2 is 1.84 bits per heavy atom. The van der Waals surface area contributed by atoms with Crippen LogP contribution < -0.4 is 4.74 Å². The number of nitrogens with zero attached hydrogens (tertiary/aromatic N) is 2. The van der Waals surface area contributed by atoms with Crippen LogP contribution in [0.5, 0.6) is 5.75 Å². The molecule has 0 spiro atoms. The van der Waals surface area contributed by atoms with Gasteiger partial charge in [-0.05, 0) is 42.0 Å². The predicted molar refractivity (Wildman–Crippen MR) is 121 cm³/mol. The first-order valence-electron chi connectivity index (χ1n) is 10.5. The number of aliphatic hydroxyl groups excluding tert-OH is 1. The summed E-state index contributed by atoms with van der Waals surface area (Å²) in [4.78, 5) is 29.9. The summed E-state index contributed by atoms with van der Waals surface area (Å²) in [5.41, 5.74) is 1.18. The number of halogens is 1.